The Kier molecular flexibility index (Phi) is 8.37. The molecule has 1 heterocycles. The number of hydrogen-bond acceptors (Lipinski definition) is 5. The molecule has 1 fully saturated rings. The van der Waals surface area contributed by atoms with Gasteiger partial charge in [0.2, 0.25) is 0 Å². The Morgan fingerprint density at radius 3 is 2.66 bits per heavy atom. The third kappa shape index (κ3) is 6.70. The molecule has 0 N–H and O–H groups in total. The quantitative estimate of drug-likeness (QED) is 0.170. The van der Waals surface area contributed by atoms with Crippen LogP contribution in [0.15, 0.2) is 54.3 Å². The monoisotopic (exact) mass is 399 g/mol. The first kappa shape index (κ1) is 22.6. The van der Waals surface area contributed by atoms with Crippen LogP contribution in [0.2, 0.25) is 0 Å². The van der Waals surface area contributed by atoms with E-state index in [1.54, 1.807) is 0 Å². The molecule has 1 saturated heterocycles. The summed E-state index contributed by atoms with van der Waals surface area (Å²) >= 11 is 0. The van der Waals surface area contributed by atoms with Gasteiger partial charge in [-0.3, -0.25) is 10.1 Å². The summed E-state index contributed by atoms with van der Waals surface area (Å²) in [4.78, 5) is 22.8. The topological polar surface area (TPSA) is 78.7 Å². The average molecular weight is 399 g/mol. The van der Waals surface area contributed by atoms with Gasteiger partial charge < -0.3 is 9.47 Å². The molecule has 0 spiro atoms. The summed E-state index contributed by atoms with van der Waals surface area (Å²) in [6.07, 6.45) is 4.72. The smallest absolute Gasteiger partial charge is 0.338 e. The Bertz CT molecular complexity index is 792. The maximum Gasteiger partial charge on any atom is 0.338 e. The Morgan fingerprint density at radius 2 is 2.07 bits per heavy atom. The van der Waals surface area contributed by atoms with Crippen molar-refractivity contribution in [2.75, 3.05) is 0 Å². The van der Waals surface area contributed by atoms with E-state index in [1.165, 1.54) is 24.3 Å². The van der Waals surface area contributed by atoms with E-state index in [-0.39, 0.29) is 29.6 Å². The number of rotatable bonds is 10. The van der Waals surface area contributed by atoms with Crippen LogP contribution in [0.25, 0.3) is 0 Å². The zero-order chi connectivity index (χ0) is 21.4. The second-order valence-electron chi connectivity index (χ2n) is 7.47. The number of benzene rings is 1. The number of ether oxygens (including phenoxy) is 2. The van der Waals surface area contributed by atoms with Crippen molar-refractivity contribution < 1.29 is 19.2 Å². The lowest BCUT2D eigenvalue weighted by Gasteiger charge is -2.20. The summed E-state index contributed by atoms with van der Waals surface area (Å²) in [5, 5.41) is 10.8. The molecule has 1 aliphatic rings. The molecule has 1 aromatic carbocycles. The SMILES string of the molecule is C=C=C(C)C[C@H](CC[C@@H]1O[C@@H](CCC)CC1=C)OC(=O)c1ccc([N+](=O)[O-])cc1. The molecule has 0 amide bonds. The van der Waals surface area contributed by atoms with Crippen molar-refractivity contribution in [1.82, 2.24) is 0 Å². The van der Waals surface area contributed by atoms with Gasteiger partial charge in [-0.05, 0) is 55.9 Å². The standard InChI is InChI=1S/C23H29NO5/c1-5-7-20-15-17(4)22(28-20)13-12-21(14-16(3)6-2)29-23(25)18-8-10-19(11-9-18)24(26)27/h8-11,20-22H,2,4-5,7,12-15H2,1,3H3/t20-,21-,22-/m0/s1. The van der Waals surface area contributed by atoms with Gasteiger partial charge in [-0.25, -0.2) is 4.79 Å². The Morgan fingerprint density at radius 1 is 1.38 bits per heavy atom. The van der Waals surface area contributed by atoms with Gasteiger partial charge in [-0.1, -0.05) is 26.5 Å². The van der Waals surface area contributed by atoms with E-state index in [9.17, 15) is 14.9 Å². The van der Waals surface area contributed by atoms with E-state index in [1.807, 2.05) is 6.92 Å². The highest BCUT2D eigenvalue weighted by Gasteiger charge is 2.29. The first-order valence-electron chi connectivity index (χ1n) is 9.98. The van der Waals surface area contributed by atoms with Gasteiger partial charge in [0.25, 0.3) is 5.69 Å². The summed E-state index contributed by atoms with van der Waals surface area (Å²) in [5.41, 5.74) is 5.06. The number of esters is 1. The highest BCUT2D eigenvalue weighted by molar-refractivity contribution is 5.89. The van der Waals surface area contributed by atoms with E-state index in [2.05, 4.69) is 25.8 Å². The summed E-state index contributed by atoms with van der Waals surface area (Å²) in [7, 11) is 0. The van der Waals surface area contributed by atoms with Crippen LogP contribution in [-0.4, -0.2) is 29.2 Å². The second kappa shape index (κ2) is 10.7. The zero-order valence-corrected chi connectivity index (χ0v) is 17.2. The Balaban J connectivity index is 2.00. The lowest BCUT2D eigenvalue weighted by atomic mass is 9.99. The van der Waals surface area contributed by atoms with Crippen LogP contribution in [-0.2, 0) is 9.47 Å². The molecule has 0 aromatic heterocycles. The predicted octanol–water partition coefficient (Wildman–Crippen LogP) is 5.54. The number of nitrogens with zero attached hydrogens (tertiary/aromatic N) is 1. The summed E-state index contributed by atoms with van der Waals surface area (Å²) in [6, 6.07) is 5.41. The van der Waals surface area contributed by atoms with Gasteiger partial charge >= 0.3 is 5.97 Å². The third-order valence-corrected chi connectivity index (χ3v) is 5.09. The number of non-ortho nitro benzene ring substituents is 1. The number of nitro benzene ring substituents is 1. The maximum absolute atomic E-state index is 12.5. The first-order valence-corrected chi connectivity index (χ1v) is 9.98. The van der Waals surface area contributed by atoms with Crippen LogP contribution >= 0.6 is 0 Å². The van der Waals surface area contributed by atoms with Gasteiger partial charge in [-0.2, -0.15) is 0 Å². The number of nitro groups is 1. The van der Waals surface area contributed by atoms with Crippen LogP contribution < -0.4 is 0 Å². The summed E-state index contributed by atoms with van der Waals surface area (Å²) < 4.78 is 11.8. The van der Waals surface area contributed by atoms with Crippen LogP contribution in [0.5, 0.6) is 0 Å². The van der Waals surface area contributed by atoms with Crippen molar-refractivity contribution in [3.05, 3.63) is 70.0 Å². The zero-order valence-electron chi connectivity index (χ0n) is 17.2. The maximum atomic E-state index is 12.5. The Hall–Kier alpha value is -2.69. The summed E-state index contributed by atoms with van der Waals surface area (Å²) in [5.74, 6) is -0.503. The van der Waals surface area contributed by atoms with Crippen molar-refractivity contribution >= 4 is 11.7 Å². The third-order valence-electron chi connectivity index (χ3n) is 5.09. The molecule has 0 saturated carbocycles. The summed E-state index contributed by atoms with van der Waals surface area (Å²) in [6.45, 7) is 11.8. The van der Waals surface area contributed by atoms with Crippen molar-refractivity contribution in [2.24, 2.45) is 0 Å². The molecule has 3 atom stereocenters. The van der Waals surface area contributed by atoms with E-state index in [4.69, 9.17) is 9.47 Å². The molecular formula is C23H29NO5. The van der Waals surface area contributed by atoms with Crippen molar-refractivity contribution in [2.45, 2.75) is 70.7 Å². The highest BCUT2D eigenvalue weighted by atomic mass is 16.6. The van der Waals surface area contributed by atoms with E-state index in [0.717, 1.165) is 36.8 Å². The molecular weight excluding hydrogens is 370 g/mol. The van der Waals surface area contributed by atoms with Crippen LogP contribution in [0, 0.1) is 10.1 Å². The molecule has 1 aromatic rings. The fraction of sp³-hybridized carbons (Fsp3) is 0.478. The molecule has 0 bridgehead atoms. The van der Waals surface area contributed by atoms with Crippen LogP contribution in [0.1, 0.15) is 62.7 Å². The Labute approximate surface area is 172 Å². The van der Waals surface area contributed by atoms with Crippen molar-refractivity contribution in [1.29, 1.82) is 0 Å². The fourth-order valence-electron chi connectivity index (χ4n) is 3.46. The molecule has 6 nitrogen and oxygen atoms in total. The molecule has 6 heteroatoms. The molecule has 1 aliphatic heterocycles. The van der Waals surface area contributed by atoms with E-state index >= 15 is 0 Å². The van der Waals surface area contributed by atoms with E-state index in [0.29, 0.717) is 12.8 Å². The van der Waals surface area contributed by atoms with Gasteiger partial charge in [-0.15, -0.1) is 5.73 Å². The largest absolute Gasteiger partial charge is 0.458 e. The lowest BCUT2D eigenvalue weighted by molar-refractivity contribution is -0.384. The van der Waals surface area contributed by atoms with Crippen molar-refractivity contribution in [3.63, 3.8) is 0 Å². The number of carbonyl (C=O) groups excluding carboxylic acids is 1. The normalized spacial score (nSPS) is 19.4. The lowest BCUT2D eigenvalue weighted by Crippen LogP contribution is -2.21. The van der Waals surface area contributed by atoms with Crippen molar-refractivity contribution in [3.8, 4) is 0 Å². The number of carbonyl (C=O) groups is 1. The molecule has 2 rings (SSSR count). The molecule has 29 heavy (non-hydrogen) atoms. The first-order chi connectivity index (χ1) is 13.8. The molecule has 0 unspecified atom stereocenters. The van der Waals surface area contributed by atoms with Crippen LogP contribution in [0.4, 0.5) is 5.69 Å². The highest BCUT2D eigenvalue weighted by Crippen LogP contribution is 2.31. The fourth-order valence-corrected chi connectivity index (χ4v) is 3.46. The molecule has 0 radical (unpaired) electrons. The second-order valence-corrected chi connectivity index (χ2v) is 7.47. The minimum absolute atomic E-state index is 0.0138. The number of hydrogen-bond donors (Lipinski definition) is 0. The predicted molar refractivity (Wildman–Crippen MR) is 112 cm³/mol. The molecule has 0 aliphatic carbocycles. The van der Waals surface area contributed by atoms with E-state index < -0.39 is 10.9 Å². The minimum Gasteiger partial charge on any atom is -0.458 e. The van der Waals surface area contributed by atoms with Gasteiger partial charge in [0.15, 0.2) is 0 Å². The van der Waals surface area contributed by atoms with Crippen LogP contribution in [0.3, 0.4) is 0 Å². The molecule has 156 valence electrons. The average Bonchev–Trinajstić information content (AvgIpc) is 3.05. The van der Waals surface area contributed by atoms with Gasteiger partial charge in [0.1, 0.15) is 6.10 Å². The van der Waals surface area contributed by atoms with Gasteiger partial charge in [0, 0.05) is 18.6 Å². The minimum atomic E-state index is -0.504. The van der Waals surface area contributed by atoms with Gasteiger partial charge in [0.05, 0.1) is 22.7 Å².